The number of nitrogens with zero attached hydrogens (tertiary/aromatic N) is 10. The Hall–Kier alpha value is -6.92. The third-order valence-corrected chi connectivity index (χ3v) is 12.1. The van der Waals surface area contributed by atoms with Crippen LogP contribution in [0.25, 0.3) is 33.1 Å². The lowest BCUT2D eigenvalue weighted by atomic mass is 9.84. The quantitative estimate of drug-likeness (QED) is 0.136. The Morgan fingerprint density at radius 2 is 1.10 bits per heavy atom. The van der Waals surface area contributed by atoms with Gasteiger partial charge in [-0.2, -0.15) is 29.4 Å². The fourth-order valence-corrected chi connectivity index (χ4v) is 8.86. The number of benzene rings is 2. The predicted molar refractivity (Wildman–Crippen MR) is 231 cm³/mol. The number of anilines is 2. The van der Waals surface area contributed by atoms with Gasteiger partial charge in [0.1, 0.15) is 11.5 Å². The Morgan fingerprint density at radius 1 is 0.661 bits per heavy atom. The number of nitrogens with one attached hydrogen (secondary N) is 2. The number of hydrogen-bond donors (Lipinski definition) is 4. The molecule has 2 amide bonds. The van der Waals surface area contributed by atoms with Crippen molar-refractivity contribution in [3.63, 3.8) is 0 Å². The van der Waals surface area contributed by atoms with Crippen LogP contribution in [-0.4, -0.2) is 97.2 Å². The van der Waals surface area contributed by atoms with Crippen LogP contribution in [0.4, 0.5) is 11.6 Å². The summed E-state index contributed by atoms with van der Waals surface area (Å²) in [4.78, 5) is 34.6. The van der Waals surface area contributed by atoms with E-state index >= 15 is 0 Å². The molecule has 18 nitrogen and oxygen atoms in total. The Balaban J connectivity index is 0.000000158. The van der Waals surface area contributed by atoms with Gasteiger partial charge in [-0.25, -0.2) is 9.97 Å². The molecule has 6 aromatic heterocycles. The predicted octanol–water partition coefficient (Wildman–Crippen LogP) is 6.12. The van der Waals surface area contributed by atoms with Crippen LogP contribution < -0.4 is 20.1 Å². The minimum Gasteiger partial charge on any atom is -0.496 e. The number of methoxy groups -OCH3 is 2. The summed E-state index contributed by atoms with van der Waals surface area (Å²) in [5.41, 5.74) is 3.65. The highest BCUT2D eigenvalue weighted by Gasteiger charge is 2.30. The second-order valence-corrected chi connectivity index (χ2v) is 16.2. The molecule has 0 spiro atoms. The zero-order chi connectivity index (χ0) is 43.1. The minimum absolute atomic E-state index is 0.225. The molecule has 0 unspecified atom stereocenters. The van der Waals surface area contributed by atoms with Crippen LogP contribution in [0, 0.1) is 11.8 Å². The van der Waals surface area contributed by atoms with Crippen LogP contribution in [0.3, 0.4) is 0 Å². The van der Waals surface area contributed by atoms with Gasteiger partial charge in [0.25, 0.3) is 11.8 Å². The SMILES string of the molecule is COc1cc2nn([C@@H]3CC[C@@H](O)C[C@H]3C)cc2cc1C(=O)Nc1cnc2cccnn12.COc1cc2nn([C@@H]3CC[C@H](O)C[C@H]3C)cc2cc1C(=O)Nc1cnc2cccnn12. The Labute approximate surface area is 355 Å². The molecule has 2 aliphatic carbocycles. The molecule has 2 saturated carbocycles. The van der Waals surface area contributed by atoms with Gasteiger partial charge in [0.15, 0.2) is 22.9 Å². The van der Waals surface area contributed by atoms with E-state index in [1.165, 1.54) is 14.2 Å². The van der Waals surface area contributed by atoms with Crippen LogP contribution in [0.2, 0.25) is 0 Å². The van der Waals surface area contributed by atoms with Crippen molar-refractivity contribution in [3.8, 4) is 11.5 Å². The van der Waals surface area contributed by atoms with Crippen molar-refractivity contribution in [2.75, 3.05) is 24.9 Å². The number of aromatic nitrogens is 10. The zero-order valence-electron chi connectivity index (χ0n) is 34.8. The van der Waals surface area contributed by atoms with Gasteiger partial charge in [-0.3, -0.25) is 19.0 Å². The molecule has 10 rings (SSSR count). The number of carbonyl (C=O) groups excluding carboxylic acids is 2. The highest BCUT2D eigenvalue weighted by Crippen LogP contribution is 2.37. The van der Waals surface area contributed by atoms with Crippen molar-refractivity contribution in [2.24, 2.45) is 11.8 Å². The summed E-state index contributed by atoms with van der Waals surface area (Å²) < 4.78 is 18.1. The molecule has 4 N–H and O–H groups in total. The maximum absolute atomic E-state index is 13.1. The first-order valence-electron chi connectivity index (χ1n) is 20.8. The van der Waals surface area contributed by atoms with Crippen LogP contribution in [-0.2, 0) is 0 Å². The normalized spacial score (nSPS) is 21.5. The van der Waals surface area contributed by atoms with Gasteiger partial charge in [-0.05, 0) is 86.8 Å². The smallest absolute Gasteiger partial charge is 0.260 e. The number of rotatable bonds is 8. The number of ether oxygens (including phenoxy) is 2. The lowest BCUT2D eigenvalue weighted by Crippen LogP contribution is -2.28. The first kappa shape index (κ1) is 40.5. The molecule has 0 saturated heterocycles. The van der Waals surface area contributed by atoms with E-state index < -0.39 is 0 Å². The Kier molecular flexibility index (Phi) is 11.0. The highest BCUT2D eigenvalue weighted by atomic mass is 16.5. The van der Waals surface area contributed by atoms with E-state index in [4.69, 9.17) is 19.7 Å². The van der Waals surface area contributed by atoms with Crippen molar-refractivity contribution in [1.29, 1.82) is 0 Å². The summed E-state index contributed by atoms with van der Waals surface area (Å²) >= 11 is 0. The van der Waals surface area contributed by atoms with E-state index in [1.807, 2.05) is 33.9 Å². The third-order valence-electron chi connectivity index (χ3n) is 12.1. The summed E-state index contributed by atoms with van der Waals surface area (Å²) in [5.74, 6) is 1.88. The molecule has 2 fully saturated rings. The fourth-order valence-electron chi connectivity index (χ4n) is 8.86. The van der Waals surface area contributed by atoms with Crippen molar-refractivity contribution < 1.29 is 29.3 Å². The first-order valence-corrected chi connectivity index (χ1v) is 20.8. The van der Waals surface area contributed by atoms with Gasteiger partial charge in [0.05, 0.1) is 73.1 Å². The summed E-state index contributed by atoms with van der Waals surface area (Å²) in [5, 5.41) is 45.2. The van der Waals surface area contributed by atoms with Crippen LogP contribution >= 0.6 is 0 Å². The summed E-state index contributed by atoms with van der Waals surface area (Å²) in [6.45, 7) is 4.28. The van der Waals surface area contributed by atoms with E-state index in [9.17, 15) is 19.8 Å². The second kappa shape index (κ2) is 16.9. The average Bonchev–Trinajstić information content (AvgIpc) is 4.08. The molecule has 2 aromatic carbocycles. The molecule has 8 aromatic rings. The summed E-state index contributed by atoms with van der Waals surface area (Å²) in [7, 11) is 3.07. The fraction of sp³-hybridized carbons (Fsp3) is 0.364. The lowest BCUT2D eigenvalue weighted by molar-refractivity contribution is 0.0748. The van der Waals surface area contributed by atoms with Crippen LogP contribution in [0.1, 0.15) is 85.2 Å². The first-order chi connectivity index (χ1) is 30.1. The van der Waals surface area contributed by atoms with Crippen LogP contribution in [0.5, 0.6) is 11.5 Å². The Morgan fingerprint density at radius 3 is 1.50 bits per heavy atom. The van der Waals surface area contributed by atoms with E-state index in [2.05, 4.69) is 44.6 Å². The largest absolute Gasteiger partial charge is 0.496 e. The van der Waals surface area contributed by atoms with E-state index in [1.54, 1.807) is 70.2 Å². The average molecular weight is 841 g/mol. The minimum atomic E-state index is -0.312. The van der Waals surface area contributed by atoms with Crippen molar-refractivity contribution in [2.45, 2.75) is 76.7 Å². The highest BCUT2D eigenvalue weighted by molar-refractivity contribution is 6.09. The number of hydrogen-bond acceptors (Lipinski definition) is 12. The van der Waals surface area contributed by atoms with Gasteiger partial charge in [0.2, 0.25) is 0 Å². The van der Waals surface area contributed by atoms with Gasteiger partial charge in [-0.15, -0.1) is 0 Å². The van der Waals surface area contributed by atoms with Gasteiger partial charge < -0.3 is 30.3 Å². The van der Waals surface area contributed by atoms with E-state index in [-0.39, 0.29) is 36.1 Å². The standard InChI is InChI=1S/2C22H24N6O3/c2*1-13-8-15(29)5-6-18(13)27-12-14-9-16(19(31-2)10-17(14)26-27)22(30)25-21-11-23-20-4-3-7-24-28(20)21/h2*3-4,7,9-13,15,18,29H,5-6,8H2,1-2H3,(H,25,30)/t13-,15+,18-;13-,15-,18-/m11/s1. The number of aliphatic hydroxyl groups excluding tert-OH is 2. The molecular formula is C44H48N12O6. The number of imidazole rings is 2. The maximum atomic E-state index is 13.1. The number of aliphatic hydroxyl groups is 2. The zero-order valence-corrected chi connectivity index (χ0v) is 34.8. The number of amides is 2. The second-order valence-electron chi connectivity index (χ2n) is 16.2. The molecule has 18 heteroatoms. The number of carbonyl (C=O) groups is 2. The van der Waals surface area contributed by atoms with Crippen LogP contribution in [0.15, 0.2) is 85.7 Å². The monoisotopic (exact) mass is 840 g/mol. The molecule has 2 aliphatic rings. The topological polar surface area (TPSA) is 213 Å². The lowest BCUT2D eigenvalue weighted by Gasteiger charge is -2.31. The van der Waals surface area contributed by atoms with Gasteiger partial charge >= 0.3 is 0 Å². The maximum Gasteiger partial charge on any atom is 0.260 e. The Bertz CT molecular complexity index is 2720. The van der Waals surface area contributed by atoms with Gasteiger partial charge in [-0.1, -0.05) is 13.8 Å². The molecular weight excluding hydrogens is 793 g/mol. The molecule has 0 bridgehead atoms. The number of fused-ring (bicyclic) bond motifs is 4. The summed E-state index contributed by atoms with van der Waals surface area (Å²) in [6, 6.07) is 14.8. The molecule has 6 heterocycles. The van der Waals surface area contributed by atoms with Gasteiger partial charge in [0, 0.05) is 47.7 Å². The molecule has 320 valence electrons. The van der Waals surface area contributed by atoms with Crippen molar-refractivity contribution >= 4 is 56.6 Å². The van der Waals surface area contributed by atoms with E-state index in [0.717, 1.165) is 60.3 Å². The van der Waals surface area contributed by atoms with Crippen molar-refractivity contribution in [1.82, 2.24) is 48.8 Å². The molecule has 0 aliphatic heterocycles. The third kappa shape index (κ3) is 7.89. The molecule has 0 radical (unpaired) electrons. The van der Waals surface area contributed by atoms with Crippen molar-refractivity contribution in [3.05, 3.63) is 96.8 Å². The molecule has 62 heavy (non-hydrogen) atoms. The molecule has 6 atom stereocenters. The van der Waals surface area contributed by atoms with E-state index in [0.29, 0.717) is 57.4 Å². The summed E-state index contributed by atoms with van der Waals surface area (Å²) in [6.07, 6.45) is 14.7.